The number of carbonyl (C=O) groups is 1. The summed E-state index contributed by atoms with van der Waals surface area (Å²) < 4.78 is 2.10. The van der Waals surface area contributed by atoms with Gasteiger partial charge >= 0.3 is 0 Å². The zero-order chi connectivity index (χ0) is 13.9. The summed E-state index contributed by atoms with van der Waals surface area (Å²) >= 11 is 0. The first kappa shape index (κ1) is 13.1. The summed E-state index contributed by atoms with van der Waals surface area (Å²) in [6.45, 7) is 2.40. The fourth-order valence-electron chi connectivity index (χ4n) is 2.74. The van der Waals surface area contributed by atoms with Crippen LogP contribution in [-0.2, 0) is 18.3 Å². The molecule has 1 unspecified atom stereocenters. The molecule has 0 aliphatic carbocycles. The molecule has 1 aromatic carbocycles. The van der Waals surface area contributed by atoms with Gasteiger partial charge in [-0.1, -0.05) is 12.1 Å². The molecule has 0 bridgehead atoms. The van der Waals surface area contributed by atoms with Gasteiger partial charge in [-0.3, -0.25) is 4.79 Å². The van der Waals surface area contributed by atoms with Gasteiger partial charge in [-0.05, 0) is 25.1 Å². The molecule has 1 atom stereocenters. The highest BCUT2D eigenvalue weighted by Crippen LogP contribution is 2.14. The average molecular weight is 272 g/mol. The Morgan fingerprint density at radius 3 is 3.10 bits per heavy atom. The third-order valence-electron chi connectivity index (χ3n) is 3.96. The van der Waals surface area contributed by atoms with Gasteiger partial charge in [0.2, 0.25) is 5.91 Å². The number of para-hydroxylation sites is 2. The number of rotatable bonds is 4. The molecular formula is C15H20N4O. The quantitative estimate of drug-likeness (QED) is 0.867. The number of nitrogens with one attached hydrogen (secondary N) is 2. The summed E-state index contributed by atoms with van der Waals surface area (Å²) in [4.78, 5) is 16.5. The van der Waals surface area contributed by atoms with Gasteiger partial charge in [0.05, 0.1) is 17.0 Å². The summed E-state index contributed by atoms with van der Waals surface area (Å²) in [6.07, 6.45) is 1.70. The van der Waals surface area contributed by atoms with Gasteiger partial charge in [0.15, 0.2) is 0 Å². The molecule has 2 aromatic rings. The SMILES string of the molecule is Cn1c(CCNC(=O)C2CCNC2)nc2ccccc21. The molecular weight excluding hydrogens is 252 g/mol. The second-order valence-electron chi connectivity index (χ2n) is 5.31. The van der Waals surface area contributed by atoms with Crippen LogP contribution in [0.2, 0.25) is 0 Å². The molecule has 1 aliphatic heterocycles. The second kappa shape index (κ2) is 5.63. The number of carbonyl (C=O) groups excluding carboxylic acids is 1. The van der Waals surface area contributed by atoms with Crippen molar-refractivity contribution in [2.75, 3.05) is 19.6 Å². The molecule has 106 valence electrons. The number of amides is 1. The topological polar surface area (TPSA) is 59.0 Å². The number of hydrogen-bond acceptors (Lipinski definition) is 3. The first-order chi connectivity index (χ1) is 9.75. The highest BCUT2D eigenvalue weighted by molar-refractivity contribution is 5.79. The number of aromatic nitrogens is 2. The van der Waals surface area contributed by atoms with Crippen molar-refractivity contribution in [2.45, 2.75) is 12.8 Å². The van der Waals surface area contributed by atoms with E-state index in [1.807, 2.05) is 25.2 Å². The third kappa shape index (κ3) is 2.54. The standard InChI is InChI=1S/C15H20N4O/c1-19-13-5-3-2-4-12(13)18-14(19)7-9-17-15(20)11-6-8-16-10-11/h2-5,11,16H,6-10H2,1H3,(H,17,20). The molecule has 0 saturated carbocycles. The van der Waals surface area contributed by atoms with Crippen molar-refractivity contribution in [3.8, 4) is 0 Å². The zero-order valence-electron chi connectivity index (χ0n) is 11.7. The van der Waals surface area contributed by atoms with Crippen molar-refractivity contribution in [1.29, 1.82) is 0 Å². The minimum atomic E-state index is 0.135. The van der Waals surface area contributed by atoms with E-state index in [1.54, 1.807) is 0 Å². The normalized spacial score (nSPS) is 18.6. The van der Waals surface area contributed by atoms with Gasteiger partial charge in [-0.15, -0.1) is 0 Å². The number of imidazole rings is 1. The zero-order valence-corrected chi connectivity index (χ0v) is 11.7. The maximum Gasteiger partial charge on any atom is 0.224 e. The Balaban J connectivity index is 1.59. The minimum absolute atomic E-state index is 0.135. The van der Waals surface area contributed by atoms with Crippen LogP contribution in [0.4, 0.5) is 0 Å². The van der Waals surface area contributed by atoms with Crippen molar-refractivity contribution in [2.24, 2.45) is 13.0 Å². The molecule has 1 aromatic heterocycles. The van der Waals surface area contributed by atoms with Crippen LogP contribution < -0.4 is 10.6 Å². The molecule has 0 radical (unpaired) electrons. The summed E-state index contributed by atoms with van der Waals surface area (Å²) in [5.74, 6) is 1.31. The lowest BCUT2D eigenvalue weighted by Crippen LogP contribution is -2.33. The van der Waals surface area contributed by atoms with Gasteiger partial charge < -0.3 is 15.2 Å². The van der Waals surface area contributed by atoms with Crippen LogP contribution in [0.5, 0.6) is 0 Å². The molecule has 2 heterocycles. The van der Waals surface area contributed by atoms with Gasteiger partial charge in [-0.2, -0.15) is 0 Å². The lowest BCUT2D eigenvalue weighted by Gasteiger charge is -2.09. The number of benzene rings is 1. The Bertz CT molecular complexity index is 613. The average Bonchev–Trinajstić information content (AvgIpc) is 3.09. The van der Waals surface area contributed by atoms with Gasteiger partial charge in [0.25, 0.3) is 0 Å². The molecule has 1 aliphatic rings. The summed E-state index contributed by atoms with van der Waals surface area (Å²) in [5, 5.41) is 6.22. The summed E-state index contributed by atoms with van der Waals surface area (Å²) in [7, 11) is 2.02. The molecule has 2 N–H and O–H groups in total. The monoisotopic (exact) mass is 272 g/mol. The molecule has 1 amide bonds. The lowest BCUT2D eigenvalue weighted by atomic mass is 10.1. The van der Waals surface area contributed by atoms with Crippen molar-refractivity contribution in [3.05, 3.63) is 30.1 Å². The highest BCUT2D eigenvalue weighted by atomic mass is 16.1. The largest absolute Gasteiger partial charge is 0.355 e. The predicted molar refractivity (Wildman–Crippen MR) is 78.4 cm³/mol. The Kier molecular flexibility index (Phi) is 3.69. The van der Waals surface area contributed by atoms with Crippen LogP contribution in [0.1, 0.15) is 12.2 Å². The first-order valence-corrected chi connectivity index (χ1v) is 7.14. The summed E-state index contributed by atoms with van der Waals surface area (Å²) in [5.41, 5.74) is 2.14. The van der Waals surface area contributed by atoms with Crippen molar-refractivity contribution in [3.63, 3.8) is 0 Å². The minimum Gasteiger partial charge on any atom is -0.355 e. The van der Waals surface area contributed by atoms with E-state index >= 15 is 0 Å². The van der Waals surface area contributed by atoms with Crippen LogP contribution in [0.15, 0.2) is 24.3 Å². The van der Waals surface area contributed by atoms with Crippen molar-refractivity contribution in [1.82, 2.24) is 20.2 Å². The van der Waals surface area contributed by atoms with E-state index in [9.17, 15) is 4.79 Å². The molecule has 20 heavy (non-hydrogen) atoms. The molecule has 5 heteroatoms. The Labute approximate surface area is 118 Å². The highest BCUT2D eigenvalue weighted by Gasteiger charge is 2.21. The van der Waals surface area contributed by atoms with E-state index in [0.29, 0.717) is 6.54 Å². The van der Waals surface area contributed by atoms with Crippen molar-refractivity contribution >= 4 is 16.9 Å². The van der Waals surface area contributed by atoms with Crippen LogP contribution >= 0.6 is 0 Å². The van der Waals surface area contributed by atoms with E-state index in [0.717, 1.165) is 42.8 Å². The van der Waals surface area contributed by atoms with Crippen LogP contribution in [0, 0.1) is 5.92 Å². The maximum absolute atomic E-state index is 11.9. The Morgan fingerprint density at radius 1 is 1.50 bits per heavy atom. The van der Waals surface area contributed by atoms with E-state index < -0.39 is 0 Å². The fourth-order valence-corrected chi connectivity index (χ4v) is 2.74. The first-order valence-electron chi connectivity index (χ1n) is 7.14. The van der Waals surface area contributed by atoms with Gasteiger partial charge in [0, 0.05) is 26.6 Å². The fraction of sp³-hybridized carbons (Fsp3) is 0.467. The molecule has 3 rings (SSSR count). The van der Waals surface area contributed by atoms with E-state index in [2.05, 4.69) is 26.3 Å². The number of fused-ring (bicyclic) bond motifs is 1. The predicted octanol–water partition coefficient (Wildman–Crippen LogP) is 0.842. The van der Waals surface area contributed by atoms with Gasteiger partial charge in [0.1, 0.15) is 5.82 Å². The summed E-state index contributed by atoms with van der Waals surface area (Å²) in [6, 6.07) is 8.09. The maximum atomic E-state index is 11.9. The molecule has 5 nitrogen and oxygen atoms in total. The lowest BCUT2D eigenvalue weighted by molar-refractivity contribution is -0.124. The molecule has 1 fully saturated rings. The van der Waals surface area contributed by atoms with E-state index in [4.69, 9.17) is 0 Å². The number of hydrogen-bond donors (Lipinski definition) is 2. The van der Waals surface area contributed by atoms with Crippen LogP contribution in [0.3, 0.4) is 0 Å². The van der Waals surface area contributed by atoms with Crippen LogP contribution in [0.25, 0.3) is 11.0 Å². The third-order valence-corrected chi connectivity index (χ3v) is 3.96. The Morgan fingerprint density at radius 2 is 2.35 bits per heavy atom. The Hall–Kier alpha value is -1.88. The van der Waals surface area contributed by atoms with Gasteiger partial charge in [-0.25, -0.2) is 4.98 Å². The smallest absolute Gasteiger partial charge is 0.224 e. The van der Waals surface area contributed by atoms with E-state index in [1.165, 1.54) is 0 Å². The molecule has 0 spiro atoms. The number of nitrogens with zero attached hydrogens (tertiary/aromatic N) is 2. The number of aryl methyl sites for hydroxylation is 1. The van der Waals surface area contributed by atoms with Crippen LogP contribution in [-0.4, -0.2) is 35.1 Å². The van der Waals surface area contributed by atoms with Crippen molar-refractivity contribution < 1.29 is 4.79 Å². The molecule has 1 saturated heterocycles. The second-order valence-corrected chi connectivity index (χ2v) is 5.31. The van der Waals surface area contributed by atoms with E-state index in [-0.39, 0.29) is 11.8 Å².